The second kappa shape index (κ2) is 10.2. The number of amides is 1. The van der Waals surface area contributed by atoms with Gasteiger partial charge in [-0.25, -0.2) is 16.8 Å². The van der Waals surface area contributed by atoms with Crippen molar-refractivity contribution in [2.45, 2.75) is 67.3 Å². The zero-order chi connectivity index (χ0) is 24.3. The summed E-state index contributed by atoms with van der Waals surface area (Å²) in [6.45, 7) is 2.16. The predicted octanol–water partition coefficient (Wildman–Crippen LogP) is 3.43. The van der Waals surface area contributed by atoms with Gasteiger partial charge in [-0.15, -0.1) is 0 Å². The molecule has 8 nitrogen and oxygen atoms in total. The first-order valence-corrected chi connectivity index (χ1v) is 14.6. The summed E-state index contributed by atoms with van der Waals surface area (Å²) in [5, 5.41) is 2.72. The van der Waals surface area contributed by atoms with Crippen molar-refractivity contribution < 1.29 is 21.6 Å². The number of hydrogen-bond acceptors (Lipinski definition) is 5. The highest BCUT2D eigenvalue weighted by molar-refractivity contribution is 7.89. The van der Waals surface area contributed by atoms with E-state index < -0.39 is 26.0 Å². The van der Waals surface area contributed by atoms with E-state index >= 15 is 0 Å². The molecule has 2 fully saturated rings. The molecule has 0 unspecified atom stereocenters. The van der Waals surface area contributed by atoms with Crippen molar-refractivity contribution in [2.24, 2.45) is 0 Å². The van der Waals surface area contributed by atoms with E-state index in [1.165, 1.54) is 28.6 Å². The number of sulfonamides is 2. The molecule has 0 spiro atoms. The summed E-state index contributed by atoms with van der Waals surface area (Å²) < 4.78 is 55.9. The molecule has 1 aliphatic carbocycles. The van der Waals surface area contributed by atoms with Crippen molar-refractivity contribution >= 4 is 31.6 Å². The van der Waals surface area contributed by atoms with Crippen LogP contribution in [0.25, 0.3) is 0 Å². The summed E-state index contributed by atoms with van der Waals surface area (Å²) >= 11 is 0. The van der Waals surface area contributed by atoms with Crippen LogP contribution >= 0.6 is 0 Å². The number of carbonyl (C=O) groups excluding carboxylic acids is 1. The fourth-order valence-corrected chi connectivity index (χ4v) is 7.80. The molecule has 1 saturated heterocycles. The number of nitrogens with zero attached hydrogens (tertiary/aromatic N) is 2. The summed E-state index contributed by atoms with van der Waals surface area (Å²) in [6.07, 6.45) is 4.80. The van der Waals surface area contributed by atoms with Gasteiger partial charge >= 0.3 is 0 Å². The molecule has 1 amide bonds. The number of hydrogen-bond donors (Lipinski definition) is 1. The number of anilines is 1. The second-order valence-corrected chi connectivity index (χ2v) is 12.6. The monoisotopic (exact) mass is 505 g/mol. The van der Waals surface area contributed by atoms with Crippen molar-refractivity contribution in [3.05, 3.63) is 54.6 Å². The lowest BCUT2D eigenvalue weighted by atomic mass is 10.0. The van der Waals surface area contributed by atoms with Crippen LogP contribution < -0.4 is 5.32 Å². The molecular formula is C24H31N3O5S2. The SMILES string of the molecule is CC[C@@H]1CCCCN1S(=O)(=O)c1ccc(S(=O)(=O)N(CC(=O)Nc2ccccc2)C2CC2)cc1. The van der Waals surface area contributed by atoms with Gasteiger partial charge in [0.1, 0.15) is 0 Å². The van der Waals surface area contributed by atoms with Crippen molar-refractivity contribution in [2.75, 3.05) is 18.4 Å². The summed E-state index contributed by atoms with van der Waals surface area (Å²) in [6, 6.07) is 14.0. The Bertz CT molecular complexity index is 1210. The van der Waals surface area contributed by atoms with Gasteiger partial charge < -0.3 is 5.32 Å². The number of carbonyl (C=O) groups is 1. The van der Waals surface area contributed by atoms with Crippen LogP contribution in [-0.4, -0.2) is 56.5 Å². The van der Waals surface area contributed by atoms with Crippen LogP contribution in [0.4, 0.5) is 5.69 Å². The molecule has 0 radical (unpaired) electrons. The number of benzene rings is 2. The number of para-hydroxylation sites is 1. The second-order valence-electron chi connectivity index (χ2n) is 8.84. The Kier molecular flexibility index (Phi) is 7.42. The van der Waals surface area contributed by atoms with E-state index in [2.05, 4.69) is 5.32 Å². The van der Waals surface area contributed by atoms with Crippen LogP contribution in [0.3, 0.4) is 0 Å². The summed E-state index contributed by atoms with van der Waals surface area (Å²) in [5.41, 5.74) is 0.596. The average molecular weight is 506 g/mol. The molecular weight excluding hydrogens is 474 g/mol. The molecule has 184 valence electrons. The standard InChI is InChI=1S/C24H31N3O5S2/c1-2-20-10-6-7-17-26(20)33(29,30)22-13-15-23(16-14-22)34(31,32)27(21-11-12-21)18-24(28)25-19-8-4-3-5-9-19/h3-5,8-9,13-16,20-21H,2,6-7,10-12,17-18H2,1H3,(H,25,28)/t20-/m1/s1. The van der Waals surface area contributed by atoms with Crippen LogP contribution in [0, 0.1) is 0 Å². The summed E-state index contributed by atoms with van der Waals surface area (Å²) in [5.74, 6) is -0.420. The van der Waals surface area contributed by atoms with Gasteiger partial charge in [0.05, 0.1) is 16.3 Å². The Labute approximate surface area is 202 Å². The summed E-state index contributed by atoms with van der Waals surface area (Å²) in [7, 11) is -7.67. The number of piperidine rings is 1. The molecule has 4 rings (SSSR count). The fraction of sp³-hybridized carbons (Fsp3) is 0.458. The molecule has 10 heteroatoms. The van der Waals surface area contributed by atoms with Crippen molar-refractivity contribution in [3.8, 4) is 0 Å². The lowest BCUT2D eigenvalue weighted by molar-refractivity contribution is -0.116. The van der Waals surface area contributed by atoms with Crippen molar-refractivity contribution in [1.82, 2.24) is 8.61 Å². The maximum atomic E-state index is 13.3. The quantitative estimate of drug-likeness (QED) is 0.562. The van der Waals surface area contributed by atoms with Gasteiger partial charge in [0.15, 0.2) is 0 Å². The largest absolute Gasteiger partial charge is 0.325 e. The highest BCUT2D eigenvalue weighted by Gasteiger charge is 2.39. The zero-order valence-corrected chi connectivity index (χ0v) is 20.9. The first-order valence-electron chi connectivity index (χ1n) is 11.7. The molecule has 2 aromatic rings. The van der Waals surface area contributed by atoms with Gasteiger partial charge in [0.2, 0.25) is 26.0 Å². The first kappa shape index (κ1) is 24.8. The molecule has 1 heterocycles. The fourth-order valence-electron chi connectivity index (χ4n) is 4.39. The number of nitrogens with one attached hydrogen (secondary N) is 1. The predicted molar refractivity (Wildman–Crippen MR) is 130 cm³/mol. The molecule has 1 aliphatic heterocycles. The molecule has 34 heavy (non-hydrogen) atoms. The van der Waals surface area contributed by atoms with Gasteiger partial charge in [-0.05, 0) is 68.5 Å². The van der Waals surface area contributed by atoms with Crippen LogP contribution in [0.2, 0.25) is 0 Å². The van der Waals surface area contributed by atoms with E-state index in [1.54, 1.807) is 28.6 Å². The molecule has 1 saturated carbocycles. The minimum atomic E-state index is -3.96. The lowest BCUT2D eigenvalue weighted by Crippen LogP contribution is -2.43. The van der Waals surface area contributed by atoms with Crippen LogP contribution in [0.1, 0.15) is 45.4 Å². The van der Waals surface area contributed by atoms with E-state index in [0.717, 1.165) is 25.7 Å². The van der Waals surface area contributed by atoms with E-state index in [4.69, 9.17) is 0 Å². The highest BCUT2D eigenvalue weighted by Crippen LogP contribution is 2.33. The highest BCUT2D eigenvalue weighted by atomic mass is 32.2. The Morgan fingerprint density at radius 2 is 1.59 bits per heavy atom. The molecule has 1 N–H and O–H groups in total. The smallest absolute Gasteiger partial charge is 0.243 e. The molecule has 1 atom stereocenters. The van der Waals surface area contributed by atoms with Gasteiger partial charge in [0.25, 0.3) is 0 Å². The first-order chi connectivity index (χ1) is 16.2. The Balaban J connectivity index is 1.52. The third kappa shape index (κ3) is 5.35. The lowest BCUT2D eigenvalue weighted by Gasteiger charge is -2.34. The van der Waals surface area contributed by atoms with E-state index in [0.29, 0.717) is 25.1 Å². The molecule has 0 aromatic heterocycles. The topological polar surface area (TPSA) is 104 Å². The van der Waals surface area contributed by atoms with Crippen molar-refractivity contribution in [3.63, 3.8) is 0 Å². The van der Waals surface area contributed by atoms with Gasteiger partial charge in [-0.2, -0.15) is 8.61 Å². The molecule has 0 bridgehead atoms. The molecule has 2 aromatic carbocycles. The maximum Gasteiger partial charge on any atom is 0.243 e. The van der Waals surface area contributed by atoms with Gasteiger partial charge in [-0.3, -0.25) is 4.79 Å². The Hall–Kier alpha value is -2.27. The van der Waals surface area contributed by atoms with Crippen LogP contribution in [0.15, 0.2) is 64.4 Å². The van der Waals surface area contributed by atoms with Gasteiger partial charge in [0, 0.05) is 24.3 Å². The van der Waals surface area contributed by atoms with E-state index in [-0.39, 0.29) is 28.4 Å². The van der Waals surface area contributed by atoms with Crippen LogP contribution in [0.5, 0.6) is 0 Å². The van der Waals surface area contributed by atoms with Crippen LogP contribution in [-0.2, 0) is 24.8 Å². The zero-order valence-electron chi connectivity index (χ0n) is 19.3. The normalized spacial score (nSPS) is 19.8. The minimum Gasteiger partial charge on any atom is -0.325 e. The molecule has 2 aliphatic rings. The third-order valence-electron chi connectivity index (χ3n) is 6.39. The third-order valence-corrected chi connectivity index (χ3v) is 10.3. The van der Waals surface area contributed by atoms with E-state index in [1.807, 2.05) is 13.0 Å². The van der Waals surface area contributed by atoms with E-state index in [9.17, 15) is 21.6 Å². The summed E-state index contributed by atoms with van der Waals surface area (Å²) in [4.78, 5) is 12.6. The number of rotatable bonds is 9. The average Bonchev–Trinajstić information content (AvgIpc) is 3.68. The van der Waals surface area contributed by atoms with Crippen molar-refractivity contribution in [1.29, 1.82) is 0 Å². The Morgan fingerprint density at radius 1 is 0.941 bits per heavy atom. The maximum absolute atomic E-state index is 13.3. The minimum absolute atomic E-state index is 0.0171. The van der Waals surface area contributed by atoms with Gasteiger partial charge in [-0.1, -0.05) is 31.5 Å². The Morgan fingerprint density at radius 3 is 2.21 bits per heavy atom.